The number of H-pyrrole nitrogens is 1. The van der Waals surface area contributed by atoms with Crippen LogP contribution in [0.25, 0.3) is 10.9 Å². The zero-order valence-corrected chi connectivity index (χ0v) is 12.2. The molecule has 0 spiro atoms. The lowest BCUT2D eigenvalue weighted by atomic mass is 10.0. The van der Waals surface area contributed by atoms with E-state index >= 15 is 0 Å². The first-order valence-electron chi connectivity index (χ1n) is 7.02. The highest BCUT2D eigenvalue weighted by atomic mass is 16.1. The molecule has 5 nitrogen and oxygen atoms in total. The van der Waals surface area contributed by atoms with E-state index in [9.17, 15) is 4.79 Å². The van der Waals surface area contributed by atoms with E-state index in [2.05, 4.69) is 36.1 Å². The number of aromatic nitrogens is 2. The van der Waals surface area contributed by atoms with Crippen LogP contribution in [0.2, 0.25) is 0 Å². The molecule has 2 aromatic rings. The third kappa shape index (κ3) is 3.50. The zero-order valence-electron chi connectivity index (χ0n) is 12.2. The number of benzene rings is 1. The van der Waals surface area contributed by atoms with Crippen LogP contribution < -0.4 is 16.6 Å². The van der Waals surface area contributed by atoms with Crippen LogP contribution in [0.5, 0.6) is 0 Å². The second-order valence-corrected chi connectivity index (χ2v) is 5.71. The van der Waals surface area contributed by atoms with Gasteiger partial charge >= 0.3 is 0 Å². The maximum absolute atomic E-state index is 12.0. The van der Waals surface area contributed by atoms with E-state index in [1.165, 1.54) is 0 Å². The summed E-state index contributed by atoms with van der Waals surface area (Å²) in [7, 11) is 0. The van der Waals surface area contributed by atoms with Crippen LogP contribution in [0.3, 0.4) is 0 Å². The number of anilines is 2. The Bertz CT molecular complexity index is 648. The summed E-state index contributed by atoms with van der Waals surface area (Å²) in [5, 5.41) is 3.77. The highest BCUT2D eigenvalue weighted by Gasteiger charge is 2.08. The van der Waals surface area contributed by atoms with Crippen molar-refractivity contribution in [1.82, 2.24) is 9.97 Å². The highest BCUT2D eigenvalue weighted by molar-refractivity contribution is 5.81. The molecule has 1 heterocycles. The number of nitrogens with two attached hydrogens (primary N) is 1. The second kappa shape index (κ2) is 5.94. The van der Waals surface area contributed by atoms with Gasteiger partial charge in [0.25, 0.3) is 5.56 Å². The molecule has 0 bridgehead atoms. The van der Waals surface area contributed by atoms with Crippen LogP contribution in [0, 0.1) is 5.92 Å². The van der Waals surface area contributed by atoms with E-state index in [-0.39, 0.29) is 11.6 Å². The SMILES string of the molecule is CC(C)CCC(C)Nc1nc2ccc(N)cc2c(=O)[nH]1. The molecule has 0 saturated carbocycles. The van der Waals surface area contributed by atoms with Gasteiger partial charge in [-0.3, -0.25) is 9.78 Å². The fourth-order valence-corrected chi connectivity index (χ4v) is 2.11. The predicted octanol–water partition coefficient (Wildman–Crippen LogP) is 2.74. The topological polar surface area (TPSA) is 83.8 Å². The molecule has 108 valence electrons. The summed E-state index contributed by atoms with van der Waals surface area (Å²) in [6.45, 7) is 6.50. The van der Waals surface area contributed by atoms with Crippen molar-refractivity contribution in [2.45, 2.75) is 39.7 Å². The lowest BCUT2D eigenvalue weighted by molar-refractivity contribution is 0.526. The normalized spacial score (nSPS) is 12.8. The van der Waals surface area contributed by atoms with Crippen molar-refractivity contribution in [3.8, 4) is 0 Å². The van der Waals surface area contributed by atoms with Gasteiger partial charge in [0.15, 0.2) is 0 Å². The Hall–Kier alpha value is -2.04. The molecule has 0 radical (unpaired) electrons. The van der Waals surface area contributed by atoms with Gasteiger partial charge < -0.3 is 11.1 Å². The van der Waals surface area contributed by atoms with Gasteiger partial charge in [0.1, 0.15) is 0 Å². The van der Waals surface area contributed by atoms with Gasteiger partial charge in [-0.05, 0) is 43.9 Å². The Morgan fingerprint density at radius 3 is 2.75 bits per heavy atom. The molecule has 0 aliphatic heterocycles. The summed E-state index contributed by atoms with van der Waals surface area (Å²) in [6, 6.07) is 5.43. The molecule has 0 fully saturated rings. The molecule has 20 heavy (non-hydrogen) atoms. The van der Waals surface area contributed by atoms with Gasteiger partial charge in [-0.1, -0.05) is 13.8 Å². The molecule has 1 aromatic carbocycles. The molecule has 1 atom stereocenters. The van der Waals surface area contributed by atoms with Crippen LogP contribution in [-0.2, 0) is 0 Å². The Morgan fingerprint density at radius 1 is 1.30 bits per heavy atom. The van der Waals surface area contributed by atoms with E-state index < -0.39 is 0 Å². The summed E-state index contributed by atoms with van der Waals surface area (Å²) in [6.07, 6.45) is 2.18. The molecule has 5 heteroatoms. The van der Waals surface area contributed by atoms with Gasteiger partial charge in [0, 0.05) is 11.7 Å². The quantitative estimate of drug-likeness (QED) is 0.732. The van der Waals surface area contributed by atoms with Crippen molar-refractivity contribution < 1.29 is 0 Å². The maximum Gasteiger partial charge on any atom is 0.260 e. The Morgan fingerprint density at radius 2 is 2.05 bits per heavy atom. The third-order valence-corrected chi connectivity index (χ3v) is 3.29. The van der Waals surface area contributed by atoms with Crippen molar-refractivity contribution in [2.24, 2.45) is 5.92 Å². The summed E-state index contributed by atoms with van der Waals surface area (Å²) < 4.78 is 0. The van der Waals surface area contributed by atoms with E-state index in [4.69, 9.17) is 5.73 Å². The molecular formula is C15H22N4O. The summed E-state index contributed by atoms with van der Waals surface area (Å²) in [5.74, 6) is 1.19. The Balaban J connectivity index is 2.19. The number of nitrogens with one attached hydrogen (secondary N) is 2. The van der Waals surface area contributed by atoms with Crippen LogP contribution in [0.15, 0.2) is 23.0 Å². The Kier molecular flexibility index (Phi) is 4.27. The molecule has 0 saturated heterocycles. The number of hydrogen-bond acceptors (Lipinski definition) is 4. The van der Waals surface area contributed by atoms with Crippen molar-refractivity contribution in [3.63, 3.8) is 0 Å². The zero-order chi connectivity index (χ0) is 14.7. The molecular weight excluding hydrogens is 252 g/mol. The molecule has 4 N–H and O–H groups in total. The van der Waals surface area contributed by atoms with E-state index in [0.717, 1.165) is 12.8 Å². The number of hydrogen-bond donors (Lipinski definition) is 3. The molecule has 0 aliphatic carbocycles. The smallest absolute Gasteiger partial charge is 0.260 e. The first-order chi connectivity index (χ1) is 9.45. The van der Waals surface area contributed by atoms with Crippen molar-refractivity contribution in [2.75, 3.05) is 11.1 Å². The number of nitrogen functional groups attached to an aromatic ring is 1. The lowest BCUT2D eigenvalue weighted by Gasteiger charge is -2.15. The Labute approximate surface area is 118 Å². The van der Waals surface area contributed by atoms with Crippen molar-refractivity contribution in [3.05, 3.63) is 28.6 Å². The average Bonchev–Trinajstić information content (AvgIpc) is 2.37. The maximum atomic E-state index is 12.0. The van der Waals surface area contributed by atoms with Gasteiger partial charge in [-0.15, -0.1) is 0 Å². The standard InChI is InChI=1S/C15H22N4O/c1-9(2)4-5-10(3)17-15-18-13-7-6-11(16)8-12(13)14(20)19-15/h6-10H,4-5,16H2,1-3H3,(H2,17,18,19,20). The molecule has 1 unspecified atom stereocenters. The fraction of sp³-hybridized carbons (Fsp3) is 0.467. The van der Waals surface area contributed by atoms with Crippen LogP contribution in [0.1, 0.15) is 33.6 Å². The molecule has 0 amide bonds. The minimum Gasteiger partial charge on any atom is -0.399 e. The van der Waals surface area contributed by atoms with Crippen LogP contribution in [-0.4, -0.2) is 16.0 Å². The molecule has 1 aromatic heterocycles. The number of rotatable bonds is 5. The fourth-order valence-electron chi connectivity index (χ4n) is 2.11. The average molecular weight is 274 g/mol. The number of nitrogens with zero attached hydrogens (tertiary/aromatic N) is 1. The summed E-state index contributed by atoms with van der Waals surface area (Å²) in [5.41, 5.74) is 6.74. The minimum absolute atomic E-state index is 0.166. The number of aromatic amines is 1. The van der Waals surface area contributed by atoms with Gasteiger partial charge in [0.2, 0.25) is 5.95 Å². The monoisotopic (exact) mass is 274 g/mol. The highest BCUT2D eigenvalue weighted by Crippen LogP contribution is 2.14. The predicted molar refractivity (Wildman–Crippen MR) is 83.9 cm³/mol. The van der Waals surface area contributed by atoms with Crippen LogP contribution >= 0.6 is 0 Å². The second-order valence-electron chi connectivity index (χ2n) is 5.71. The van der Waals surface area contributed by atoms with Gasteiger partial charge in [0.05, 0.1) is 10.9 Å². The van der Waals surface area contributed by atoms with E-state index in [0.29, 0.717) is 28.5 Å². The van der Waals surface area contributed by atoms with E-state index in [1.807, 2.05) is 0 Å². The van der Waals surface area contributed by atoms with E-state index in [1.54, 1.807) is 18.2 Å². The first kappa shape index (κ1) is 14.4. The third-order valence-electron chi connectivity index (χ3n) is 3.29. The molecule has 2 rings (SSSR count). The largest absolute Gasteiger partial charge is 0.399 e. The molecule has 0 aliphatic rings. The van der Waals surface area contributed by atoms with Gasteiger partial charge in [-0.2, -0.15) is 0 Å². The first-order valence-corrected chi connectivity index (χ1v) is 7.02. The summed E-state index contributed by atoms with van der Waals surface area (Å²) >= 11 is 0. The van der Waals surface area contributed by atoms with Gasteiger partial charge in [-0.25, -0.2) is 4.98 Å². The van der Waals surface area contributed by atoms with Crippen LogP contribution in [0.4, 0.5) is 11.6 Å². The van der Waals surface area contributed by atoms with Crippen molar-refractivity contribution >= 4 is 22.5 Å². The summed E-state index contributed by atoms with van der Waals surface area (Å²) in [4.78, 5) is 19.2. The number of fused-ring (bicyclic) bond motifs is 1. The lowest BCUT2D eigenvalue weighted by Crippen LogP contribution is -2.20. The minimum atomic E-state index is -0.166. The van der Waals surface area contributed by atoms with Crippen molar-refractivity contribution in [1.29, 1.82) is 0 Å².